The summed E-state index contributed by atoms with van der Waals surface area (Å²) in [6.45, 7) is 3.17. The Labute approximate surface area is 157 Å². The fraction of sp³-hybridized carbons (Fsp3) is 0.294. The molecule has 4 nitrogen and oxygen atoms in total. The molecule has 0 fully saturated rings. The van der Waals surface area contributed by atoms with Crippen LogP contribution in [0.3, 0.4) is 0 Å². The minimum atomic E-state index is -0.0243. The van der Waals surface area contributed by atoms with Gasteiger partial charge in [-0.25, -0.2) is 4.79 Å². The summed E-state index contributed by atoms with van der Waals surface area (Å²) in [5.74, 6) is 0. The minimum Gasteiger partial charge on any atom is -0.330 e. The summed E-state index contributed by atoms with van der Waals surface area (Å²) >= 11 is 7.98. The van der Waals surface area contributed by atoms with E-state index in [0.717, 1.165) is 26.7 Å². The van der Waals surface area contributed by atoms with E-state index in [0.29, 0.717) is 18.1 Å². The van der Waals surface area contributed by atoms with Crippen LogP contribution in [0.4, 0.5) is 9.80 Å². The van der Waals surface area contributed by atoms with E-state index in [1.54, 1.807) is 35.2 Å². The van der Waals surface area contributed by atoms with Gasteiger partial charge in [-0.15, -0.1) is 23.7 Å². The van der Waals surface area contributed by atoms with Crippen molar-refractivity contribution in [1.82, 2.24) is 4.90 Å². The zero-order chi connectivity index (χ0) is 16.6. The average molecular weight is 384 g/mol. The van der Waals surface area contributed by atoms with Crippen molar-refractivity contribution in [2.45, 2.75) is 6.92 Å². The van der Waals surface area contributed by atoms with Crippen molar-refractivity contribution in [3.05, 3.63) is 51.4 Å². The Balaban J connectivity index is 0.00000208. The second-order valence-corrected chi connectivity index (χ2v) is 7.26. The predicted molar refractivity (Wildman–Crippen MR) is 105 cm³/mol. The fourth-order valence-corrected chi connectivity index (χ4v) is 3.88. The fourth-order valence-electron chi connectivity index (χ4n) is 2.63. The molecule has 2 amide bonds. The van der Waals surface area contributed by atoms with E-state index in [1.165, 1.54) is 0 Å². The van der Waals surface area contributed by atoms with E-state index >= 15 is 0 Å². The molecule has 1 aromatic carbocycles. The van der Waals surface area contributed by atoms with E-state index in [2.05, 4.69) is 6.07 Å². The largest absolute Gasteiger partial charge is 0.330 e. The maximum Gasteiger partial charge on any atom is 0.324 e. The Morgan fingerprint density at radius 2 is 2.00 bits per heavy atom. The molecule has 0 aliphatic carbocycles. The second-order valence-electron chi connectivity index (χ2n) is 5.61. The molecule has 0 atom stereocenters. The third-order valence-corrected chi connectivity index (χ3v) is 5.07. The number of aliphatic imine (C=N–C) groups is 1. The molecule has 1 aromatic heterocycles. The second kappa shape index (κ2) is 7.55. The molecule has 1 aliphatic heterocycles. The molecule has 0 N–H and O–H groups in total. The summed E-state index contributed by atoms with van der Waals surface area (Å²) in [5.41, 5.74) is 2.75. The molecule has 0 saturated heterocycles. The number of urea groups is 1. The summed E-state index contributed by atoms with van der Waals surface area (Å²) in [5, 5.41) is 1.62. The third kappa shape index (κ3) is 3.43. The summed E-state index contributed by atoms with van der Waals surface area (Å²) in [6.07, 6.45) is 0. The number of fused-ring (bicyclic) bond motifs is 1. The van der Waals surface area contributed by atoms with Crippen LogP contribution in [0, 0.1) is 6.92 Å². The number of hydrogen-bond donors (Lipinski definition) is 0. The summed E-state index contributed by atoms with van der Waals surface area (Å²) in [4.78, 5) is 21.8. The molecule has 1 aliphatic rings. The summed E-state index contributed by atoms with van der Waals surface area (Å²) in [6, 6.07) is 9.77. The van der Waals surface area contributed by atoms with Gasteiger partial charge in [-0.2, -0.15) is 0 Å². The van der Waals surface area contributed by atoms with Crippen LogP contribution in [0.1, 0.15) is 16.0 Å². The molecule has 2 aromatic rings. The number of nitrogens with zero attached hydrogens (tertiary/aromatic N) is 3. The lowest BCUT2D eigenvalue weighted by Gasteiger charge is -2.24. The molecule has 7 heteroatoms. The lowest BCUT2D eigenvalue weighted by atomic mass is 10.0. The van der Waals surface area contributed by atoms with Crippen molar-refractivity contribution < 1.29 is 4.79 Å². The number of thiophene rings is 1. The van der Waals surface area contributed by atoms with Crippen molar-refractivity contribution in [3.63, 3.8) is 0 Å². The van der Waals surface area contributed by atoms with Crippen LogP contribution in [-0.2, 0) is 0 Å². The van der Waals surface area contributed by atoms with Crippen LogP contribution < -0.4 is 4.90 Å². The molecule has 24 heavy (non-hydrogen) atoms. The quantitative estimate of drug-likeness (QED) is 0.715. The number of halogens is 2. The molecule has 0 bridgehead atoms. The van der Waals surface area contributed by atoms with Gasteiger partial charge < -0.3 is 4.90 Å². The number of benzene rings is 1. The van der Waals surface area contributed by atoms with Crippen molar-refractivity contribution >= 4 is 52.1 Å². The Bertz CT molecular complexity index is 786. The predicted octanol–water partition coefficient (Wildman–Crippen LogP) is 4.47. The van der Waals surface area contributed by atoms with Gasteiger partial charge in [0, 0.05) is 41.7 Å². The first-order valence-electron chi connectivity index (χ1n) is 7.38. The smallest absolute Gasteiger partial charge is 0.324 e. The van der Waals surface area contributed by atoms with E-state index in [4.69, 9.17) is 16.6 Å². The standard InChI is InChI=1S/C17H18ClN3OS.ClH/c1-11-10-13-15(12-6-4-5-7-14(12)18)19-8-9-21(16(13)23-11)17(22)20(2)3;/h4-7,10H,8-9H2,1-3H3;1H. The van der Waals surface area contributed by atoms with Gasteiger partial charge in [0.25, 0.3) is 0 Å². The zero-order valence-corrected chi connectivity index (χ0v) is 16.1. The number of anilines is 1. The van der Waals surface area contributed by atoms with Crippen LogP contribution >= 0.6 is 35.3 Å². The summed E-state index contributed by atoms with van der Waals surface area (Å²) < 4.78 is 0. The average Bonchev–Trinajstić information content (AvgIpc) is 2.81. The van der Waals surface area contributed by atoms with Gasteiger partial charge in [-0.1, -0.05) is 29.8 Å². The molecule has 3 rings (SSSR count). The van der Waals surface area contributed by atoms with Gasteiger partial charge in [0.05, 0.1) is 12.3 Å². The maximum atomic E-state index is 12.5. The molecule has 128 valence electrons. The highest BCUT2D eigenvalue weighted by Gasteiger charge is 2.27. The Hall–Kier alpha value is -1.56. The van der Waals surface area contributed by atoms with Crippen molar-refractivity contribution in [1.29, 1.82) is 0 Å². The molecule has 0 radical (unpaired) electrons. The van der Waals surface area contributed by atoms with Crippen LogP contribution in [0.5, 0.6) is 0 Å². The van der Waals surface area contributed by atoms with Gasteiger partial charge in [0.2, 0.25) is 0 Å². The van der Waals surface area contributed by atoms with Gasteiger partial charge in [0.1, 0.15) is 5.00 Å². The van der Waals surface area contributed by atoms with E-state index in [9.17, 15) is 4.79 Å². The Morgan fingerprint density at radius 1 is 1.29 bits per heavy atom. The van der Waals surface area contributed by atoms with Gasteiger partial charge in [-0.3, -0.25) is 9.89 Å². The summed E-state index contributed by atoms with van der Waals surface area (Å²) in [7, 11) is 3.53. The van der Waals surface area contributed by atoms with Gasteiger partial charge >= 0.3 is 6.03 Å². The molecule has 0 saturated carbocycles. The van der Waals surface area contributed by atoms with Crippen LogP contribution in [0.25, 0.3) is 0 Å². The molecule has 0 unspecified atom stereocenters. The number of hydrogen-bond acceptors (Lipinski definition) is 3. The zero-order valence-electron chi connectivity index (χ0n) is 13.7. The van der Waals surface area contributed by atoms with Crippen molar-refractivity contribution in [3.8, 4) is 0 Å². The number of aryl methyl sites for hydroxylation is 1. The minimum absolute atomic E-state index is 0. The lowest BCUT2D eigenvalue weighted by molar-refractivity contribution is 0.224. The maximum absolute atomic E-state index is 12.5. The highest BCUT2D eigenvalue weighted by atomic mass is 35.5. The Morgan fingerprint density at radius 3 is 2.67 bits per heavy atom. The van der Waals surface area contributed by atoms with E-state index in [-0.39, 0.29) is 18.4 Å². The number of carbonyl (C=O) groups is 1. The third-order valence-electron chi connectivity index (χ3n) is 3.67. The number of carbonyl (C=O) groups excluding carboxylic acids is 1. The normalized spacial score (nSPS) is 13.5. The monoisotopic (exact) mass is 383 g/mol. The molecular formula is C17H19Cl2N3OS. The van der Waals surface area contributed by atoms with Gasteiger partial charge in [-0.05, 0) is 19.1 Å². The van der Waals surface area contributed by atoms with Crippen LogP contribution in [0.15, 0.2) is 35.3 Å². The number of amides is 2. The lowest BCUT2D eigenvalue weighted by Crippen LogP contribution is -2.40. The van der Waals surface area contributed by atoms with Crippen molar-refractivity contribution in [2.75, 3.05) is 32.1 Å². The highest BCUT2D eigenvalue weighted by Crippen LogP contribution is 2.36. The first-order chi connectivity index (χ1) is 11.0. The highest BCUT2D eigenvalue weighted by molar-refractivity contribution is 7.16. The topological polar surface area (TPSA) is 35.9 Å². The van der Waals surface area contributed by atoms with Crippen molar-refractivity contribution in [2.24, 2.45) is 4.99 Å². The van der Waals surface area contributed by atoms with Crippen LogP contribution in [0.2, 0.25) is 5.02 Å². The van der Waals surface area contributed by atoms with E-state index < -0.39 is 0 Å². The van der Waals surface area contributed by atoms with E-state index in [1.807, 2.05) is 31.2 Å². The number of rotatable bonds is 1. The molecule has 0 spiro atoms. The van der Waals surface area contributed by atoms with Crippen LogP contribution in [-0.4, -0.2) is 43.8 Å². The first-order valence-corrected chi connectivity index (χ1v) is 8.57. The SMILES string of the molecule is Cc1cc2c(s1)N(C(=O)N(C)C)CCN=C2c1ccccc1Cl.Cl. The Kier molecular flexibility index (Phi) is 5.91. The van der Waals surface area contributed by atoms with Gasteiger partial charge in [0.15, 0.2) is 0 Å². The first kappa shape index (κ1) is 18.8. The molecular weight excluding hydrogens is 365 g/mol. The molecule has 2 heterocycles.